The topological polar surface area (TPSA) is 124 Å². The molecule has 0 aliphatic carbocycles. The number of aromatic nitrogens is 2. The van der Waals surface area contributed by atoms with Crippen molar-refractivity contribution in [3.05, 3.63) is 46.9 Å². The van der Waals surface area contributed by atoms with Gasteiger partial charge in [-0.3, -0.25) is 4.79 Å². The standard InChI is InChI=1S/C21H25N5O4S/c1-12-9-15(30-13(12)2)10-22-19-20(25-31-24-19)23-17-7-3-6-16(18(17)28)21(29)26-8-4-5-14(27)11-26/h3,6-7,9,14,27-28H,4-5,8,10-11H2,1-2H3,(H,22,24)(H,23,25). The van der Waals surface area contributed by atoms with Crippen molar-refractivity contribution in [3.63, 3.8) is 0 Å². The lowest BCUT2D eigenvalue weighted by Crippen LogP contribution is -2.42. The first-order valence-electron chi connectivity index (χ1n) is 10.1. The summed E-state index contributed by atoms with van der Waals surface area (Å²) in [5, 5.41) is 26.8. The van der Waals surface area contributed by atoms with E-state index in [1.165, 1.54) is 0 Å². The van der Waals surface area contributed by atoms with Crippen LogP contribution in [0.15, 0.2) is 28.7 Å². The Labute approximate surface area is 184 Å². The van der Waals surface area contributed by atoms with Gasteiger partial charge < -0.3 is 30.2 Å². The van der Waals surface area contributed by atoms with E-state index in [9.17, 15) is 15.0 Å². The molecule has 1 fully saturated rings. The normalized spacial score (nSPS) is 16.4. The van der Waals surface area contributed by atoms with Gasteiger partial charge in [0.25, 0.3) is 5.91 Å². The van der Waals surface area contributed by atoms with E-state index in [4.69, 9.17) is 4.42 Å². The summed E-state index contributed by atoms with van der Waals surface area (Å²) in [6, 6.07) is 6.90. The van der Waals surface area contributed by atoms with Crippen LogP contribution in [0.5, 0.6) is 5.75 Å². The van der Waals surface area contributed by atoms with Gasteiger partial charge in [0.05, 0.1) is 35.6 Å². The number of phenolic OH excluding ortho intramolecular Hbond substituents is 1. The second kappa shape index (κ2) is 8.94. The molecule has 0 saturated carbocycles. The van der Waals surface area contributed by atoms with E-state index in [-0.39, 0.29) is 23.8 Å². The molecule has 1 atom stereocenters. The number of β-amino-alcohol motifs (C(OH)–C–C–N with tert-alkyl or cyclic N) is 1. The zero-order valence-electron chi connectivity index (χ0n) is 17.4. The fourth-order valence-corrected chi connectivity index (χ4v) is 4.04. The Morgan fingerprint density at radius 1 is 1.32 bits per heavy atom. The van der Waals surface area contributed by atoms with Gasteiger partial charge in [-0.05, 0) is 50.5 Å². The number of likely N-dealkylation sites (tertiary alicyclic amines) is 1. The SMILES string of the molecule is Cc1cc(CNc2nsnc2Nc2cccc(C(=O)N3CCCC(O)C3)c2O)oc1C. The molecule has 3 aromatic rings. The summed E-state index contributed by atoms with van der Waals surface area (Å²) in [6.45, 7) is 5.17. The number of nitrogens with zero attached hydrogens (tertiary/aromatic N) is 3. The average molecular weight is 444 g/mol. The fourth-order valence-electron chi connectivity index (χ4n) is 3.55. The highest BCUT2D eigenvalue weighted by atomic mass is 32.1. The van der Waals surface area contributed by atoms with Crippen molar-refractivity contribution < 1.29 is 19.4 Å². The highest BCUT2D eigenvalue weighted by Crippen LogP contribution is 2.33. The third kappa shape index (κ3) is 4.64. The number of piperidine rings is 1. The minimum atomic E-state index is -0.530. The zero-order chi connectivity index (χ0) is 22.0. The number of carbonyl (C=O) groups excluding carboxylic acids is 1. The van der Waals surface area contributed by atoms with Crippen molar-refractivity contribution in [2.45, 2.75) is 39.3 Å². The van der Waals surface area contributed by atoms with Crippen LogP contribution in [0.1, 0.15) is 40.3 Å². The summed E-state index contributed by atoms with van der Waals surface area (Å²) in [6.07, 6.45) is 0.888. The number of rotatable bonds is 6. The van der Waals surface area contributed by atoms with Crippen molar-refractivity contribution in [2.75, 3.05) is 23.7 Å². The molecule has 1 aliphatic heterocycles. The minimum absolute atomic E-state index is 0.163. The Bertz CT molecular complexity index is 1060. The summed E-state index contributed by atoms with van der Waals surface area (Å²) >= 11 is 1.03. The third-order valence-electron chi connectivity index (χ3n) is 5.34. The number of aromatic hydroxyl groups is 1. The van der Waals surface area contributed by atoms with Gasteiger partial charge in [0, 0.05) is 13.1 Å². The van der Waals surface area contributed by atoms with Gasteiger partial charge in [-0.25, -0.2) is 0 Å². The molecule has 31 heavy (non-hydrogen) atoms. The molecular formula is C21H25N5O4S. The number of carbonyl (C=O) groups is 1. The Kier molecular flexibility index (Phi) is 6.10. The van der Waals surface area contributed by atoms with E-state index in [0.717, 1.165) is 35.2 Å². The van der Waals surface area contributed by atoms with E-state index in [0.29, 0.717) is 36.8 Å². The monoisotopic (exact) mass is 443 g/mol. The first kappa shape index (κ1) is 21.1. The van der Waals surface area contributed by atoms with Gasteiger partial charge >= 0.3 is 0 Å². The lowest BCUT2D eigenvalue weighted by atomic mass is 10.1. The first-order chi connectivity index (χ1) is 14.9. The molecule has 1 amide bonds. The summed E-state index contributed by atoms with van der Waals surface area (Å²) in [5.41, 5.74) is 1.61. The number of benzene rings is 1. The largest absolute Gasteiger partial charge is 0.505 e. The molecule has 0 spiro atoms. The third-order valence-corrected chi connectivity index (χ3v) is 5.87. The highest BCUT2D eigenvalue weighted by Gasteiger charge is 2.26. The summed E-state index contributed by atoms with van der Waals surface area (Å²) in [5.74, 6) is 2.15. The van der Waals surface area contributed by atoms with E-state index in [2.05, 4.69) is 19.4 Å². The van der Waals surface area contributed by atoms with Crippen LogP contribution in [0.4, 0.5) is 17.3 Å². The number of para-hydroxylation sites is 1. The van der Waals surface area contributed by atoms with Crippen molar-refractivity contribution in [1.29, 1.82) is 0 Å². The Hall–Kier alpha value is -3.11. The van der Waals surface area contributed by atoms with Crippen LogP contribution in [0, 0.1) is 13.8 Å². The van der Waals surface area contributed by atoms with Crippen molar-refractivity contribution in [1.82, 2.24) is 13.6 Å². The van der Waals surface area contributed by atoms with Gasteiger partial charge in [0.1, 0.15) is 11.5 Å². The van der Waals surface area contributed by atoms with E-state index < -0.39 is 6.10 Å². The van der Waals surface area contributed by atoms with Crippen LogP contribution >= 0.6 is 11.7 Å². The van der Waals surface area contributed by atoms with Crippen molar-refractivity contribution >= 4 is 35.0 Å². The van der Waals surface area contributed by atoms with Crippen molar-refractivity contribution in [3.8, 4) is 5.75 Å². The second-order valence-corrected chi connectivity index (χ2v) is 8.17. The van der Waals surface area contributed by atoms with E-state index in [1.807, 2.05) is 19.9 Å². The van der Waals surface area contributed by atoms with Gasteiger partial charge in [-0.1, -0.05) is 6.07 Å². The second-order valence-electron chi connectivity index (χ2n) is 7.64. The number of furan rings is 1. The maximum absolute atomic E-state index is 12.9. The van der Waals surface area contributed by atoms with Gasteiger partial charge in [0.15, 0.2) is 17.4 Å². The molecule has 3 heterocycles. The first-order valence-corrected chi connectivity index (χ1v) is 10.8. The molecule has 10 heteroatoms. The Balaban J connectivity index is 1.48. The molecule has 1 unspecified atom stereocenters. The zero-order valence-corrected chi connectivity index (χ0v) is 18.2. The number of nitrogens with one attached hydrogen (secondary N) is 2. The van der Waals surface area contributed by atoms with Crippen LogP contribution in [0.3, 0.4) is 0 Å². The summed E-state index contributed by atoms with van der Waals surface area (Å²) in [7, 11) is 0. The highest BCUT2D eigenvalue weighted by molar-refractivity contribution is 6.99. The number of aryl methyl sites for hydroxylation is 2. The number of anilines is 3. The van der Waals surface area contributed by atoms with E-state index in [1.54, 1.807) is 23.1 Å². The van der Waals surface area contributed by atoms with Crippen LogP contribution in [-0.4, -0.2) is 49.0 Å². The Morgan fingerprint density at radius 3 is 2.87 bits per heavy atom. The average Bonchev–Trinajstić information content (AvgIpc) is 3.33. The number of amides is 1. The number of hydrogen-bond donors (Lipinski definition) is 4. The molecule has 1 aliphatic rings. The predicted octanol–water partition coefficient (Wildman–Crippen LogP) is 3.41. The molecule has 1 aromatic carbocycles. The maximum atomic E-state index is 12.9. The minimum Gasteiger partial charge on any atom is -0.505 e. The van der Waals surface area contributed by atoms with Crippen LogP contribution in [0.25, 0.3) is 0 Å². The molecular weight excluding hydrogens is 418 g/mol. The lowest BCUT2D eigenvalue weighted by Gasteiger charge is -2.30. The molecule has 2 aromatic heterocycles. The molecule has 1 saturated heterocycles. The van der Waals surface area contributed by atoms with Gasteiger partial charge in [-0.15, -0.1) is 0 Å². The fraction of sp³-hybridized carbons (Fsp3) is 0.381. The van der Waals surface area contributed by atoms with Gasteiger partial charge in [0.2, 0.25) is 0 Å². The van der Waals surface area contributed by atoms with Crippen molar-refractivity contribution in [2.24, 2.45) is 0 Å². The lowest BCUT2D eigenvalue weighted by molar-refractivity contribution is 0.0471. The van der Waals surface area contributed by atoms with Crippen LogP contribution in [0.2, 0.25) is 0 Å². The molecule has 4 N–H and O–H groups in total. The number of hydrogen-bond acceptors (Lipinski definition) is 9. The maximum Gasteiger partial charge on any atom is 0.257 e. The summed E-state index contributed by atoms with van der Waals surface area (Å²) < 4.78 is 14.2. The predicted molar refractivity (Wildman–Crippen MR) is 118 cm³/mol. The number of phenols is 1. The summed E-state index contributed by atoms with van der Waals surface area (Å²) in [4.78, 5) is 14.4. The number of aliphatic hydroxyl groups is 1. The van der Waals surface area contributed by atoms with Gasteiger partial charge in [-0.2, -0.15) is 8.75 Å². The molecule has 9 nitrogen and oxygen atoms in total. The molecule has 4 rings (SSSR count). The van der Waals surface area contributed by atoms with E-state index >= 15 is 0 Å². The number of aliphatic hydroxyl groups excluding tert-OH is 1. The van der Waals surface area contributed by atoms with Crippen LogP contribution in [-0.2, 0) is 6.54 Å². The Morgan fingerprint density at radius 2 is 2.13 bits per heavy atom. The van der Waals surface area contributed by atoms with Crippen LogP contribution < -0.4 is 10.6 Å². The molecule has 0 radical (unpaired) electrons. The molecule has 0 bridgehead atoms. The quantitative estimate of drug-likeness (QED) is 0.427. The smallest absolute Gasteiger partial charge is 0.257 e. The molecule has 164 valence electrons.